The maximum atomic E-state index is 4.21. The Morgan fingerprint density at radius 1 is 1.00 bits per heavy atom. The van der Waals surface area contributed by atoms with Gasteiger partial charge in [0.05, 0.1) is 0 Å². The lowest BCUT2D eigenvalue weighted by Gasteiger charge is -2.20. The predicted molar refractivity (Wildman–Crippen MR) is 55.0 cm³/mol. The quantitative estimate of drug-likeness (QED) is 0.546. The summed E-state index contributed by atoms with van der Waals surface area (Å²) in [5.74, 6) is 3.32. The third-order valence-electron chi connectivity index (χ3n) is 3.95. The lowest BCUT2D eigenvalue weighted by molar-refractivity contribution is 0.282. The molecule has 1 aliphatic rings. The van der Waals surface area contributed by atoms with Crippen molar-refractivity contribution < 1.29 is 0 Å². The first-order valence-corrected chi connectivity index (χ1v) is 5.32. The van der Waals surface area contributed by atoms with E-state index in [1.807, 2.05) is 0 Å². The third-order valence-corrected chi connectivity index (χ3v) is 3.95. The Hall–Kier alpha value is -0.260. The van der Waals surface area contributed by atoms with E-state index in [2.05, 4.69) is 34.3 Å². The van der Waals surface area contributed by atoms with Crippen LogP contribution in [0.3, 0.4) is 0 Å². The number of hydrogen-bond acceptors (Lipinski definition) is 0. The lowest BCUT2D eigenvalue weighted by atomic mass is 9.84. The SMILES string of the molecule is C=C1C(C)C(CC)C(CC)C1C. The van der Waals surface area contributed by atoms with Gasteiger partial charge >= 0.3 is 0 Å². The molecule has 0 aromatic carbocycles. The zero-order valence-electron chi connectivity index (χ0n) is 8.93. The molecule has 1 aliphatic carbocycles. The van der Waals surface area contributed by atoms with Gasteiger partial charge in [-0.05, 0) is 23.7 Å². The molecule has 70 valence electrons. The van der Waals surface area contributed by atoms with Crippen molar-refractivity contribution >= 4 is 0 Å². The van der Waals surface area contributed by atoms with Crippen LogP contribution in [0.1, 0.15) is 40.5 Å². The lowest BCUT2D eigenvalue weighted by Crippen LogP contribution is -2.13. The number of allylic oxidation sites excluding steroid dienone is 1. The number of hydrogen-bond donors (Lipinski definition) is 0. The highest BCUT2D eigenvalue weighted by Gasteiger charge is 2.38. The molecule has 0 spiro atoms. The Balaban J connectivity index is 2.79. The van der Waals surface area contributed by atoms with E-state index in [0.29, 0.717) is 0 Å². The fraction of sp³-hybridized carbons (Fsp3) is 0.833. The molecule has 0 N–H and O–H groups in total. The van der Waals surface area contributed by atoms with Gasteiger partial charge < -0.3 is 0 Å². The van der Waals surface area contributed by atoms with Crippen molar-refractivity contribution in [2.75, 3.05) is 0 Å². The summed E-state index contributed by atoms with van der Waals surface area (Å²) in [7, 11) is 0. The normalized spacial score (nSPS) is 42.2. The molecule has 0 aromatic heterocycles. The molecule has 1 fully saturated rings. The zero-order valence-corrected chi connectivity index (χ0v) is 8.93. The van der Waals surface area contributed by atoms with E-state index >= 15 is 0 Å². The molecule has 4 unspecified atom stereocenters. The summed E-state index contributed by atoms with van der Waals surface area (Å²) >= 11 is 0. The van der Waals surface area contributed by atoms with Gasteiger partial charge in [0.1, 0.15) is 0 Å². The minimum atomic E-state index is 0.759. The second-order valence-corrected chi connectivity index (χ2v) is 4.30. The van der Waals surface area contributed by atoms with Crippen LogP contribution in [-0.4, -0.2) is 0 Å². The summed E-state index contributed by atoms with van der Waals surface area (Å²) in [5.41, 5.74) is 1.49. The van der Waals surface area contributed by atoms with Crippen molar-refractivity contribution in [1.29, 1.82) is 0 Å². The van der Waals surface area contributed by atoms with Crippen molar-refractivity contribution in [2.45, 2.75) is 40.5 Å². The first-order valence-electron chi connectivity index (χ1n) is 5.32. The molecule has 1 rings (SSSR count). The second kappa shape index (κ2) is 3.64. The van der Waals surface area contributed by atoms with Crippen molar-refractivity contribution in [1.82, 2.24) is 0 Å². The van der Waals surface area contributed by atoms with E-state index in [0.717, 1.165) is 23.7 Å². The third kappa shape index (κ3) is 1.32. The Bertz CT molecular complexity index is 151. The van der Waals surface area contributed by atoms with Crippen LogP contribution in [0, 0.1) is 23.7 Å². The molecule has 12 heavy (non-hydrogen) atoms. The highest BCUT2D eigenvalue weighted by Crippen LogP contribution is 2.47. The minimum absolute atomic E-state index is 0.759. The summed E-state index contributed by atoms with van der Waals surface area (Å²) in [6.07, 6.45) is 2.64. The van der Waals surface area contributed by atoms with Crippen molar-refractivity contribution in [3.63, 3.8) is 0 Å². The summed E-state index contributed by atoms with van der Waals surface area (Å²) in [5, 5.41) is 0. The van der Waals surface area contributed by atoms with Crippen LogP contribution in [0.5, 0.6) is 0 Å². The van der Waals surface area contributed by atoms with Crippen LogP contribution in [-0.2, 0) is 0 Å². The van der Waals surface area contributed by atoms with Gasteiger partial charge in [-0.25, -0.2) is 0 Å². The van der Waals surface area contributed by atoms with Crippen LogP contribution in [0.2, 0.25) is 0 Å². The molecule has 0 bridgehead atoms. The largest absolute Gasteiger partial charge is 0.0993 e. The van der Waals surface area contributed by atoms with E-state index < -0.39 is 0 Å². The minimum Gasteiger partial charge on any atom is -0.0993 e. The Kier molecular flexibility index (Phi) is 2.98. The Labute approximate surface area is 77.1 Å². The molecule has 0 aromatic rings. The smallest absolute Gasteiger partial charge is 0.0200 e. The fourth-order valence-corrected chi connectivity index (χ4v) is 3.02. The van der Waals surface area contributed by atoms with E-state index in [4.69, 9.17) is 0 Å². The predicted octanol–water partition coefficient (Wildman–Crippen LogP) is 3.88. The standard InChI is InChI=1S/C12H22/c1-6-11-9(4)8(3)10(5)12(11)7-2/h9-12H,3,6-7H2,1-2,4-5H3. The van der Waals surface area contributed by atoms with Gasteiger partial charge in [0.2, 0.25) is 0 Å². The monoisotopic (exact) mass is 166 g/mol. The van der Waals surface area contributed by atoms with Gasteiger partial charge in [0.15, 0.2) is 0 Å². The maximum absolute atomic E-state index is 4.21. The first-order chi connectivity index (χ1) is 5.63. The van der Waals surface area contributed by atoms with E-state index in [1.165, 1.54) is 18.4 Å². The van der Waals surface area contributed by atoms with E-state index in [1.54, 1.807) is 0 Å². The van der Waals surface area contributed by atoms with Gasteiger partial charge in [-0.2, -0.15) is 0 Å². The van der Waals surface area contributed by atoms with Crippen LogP contribution in [0.25, 0.3) is 0 Å². The molecule has 0 nitrogen and oxygen atoms in total. The summed E-state index contributed by atoms with van der Waals surface area (Å²) in [4.78, 5) is 0. The molecular weight excluding hydrogens is 144 g/mol. The number of rotatable bonds is 2. The van der Waals surface area contributed by atoms with Crippen molar-refractivity contribution in [3.8, 4) is 0 Å². The van der Waals surface area contributed by atoms with Gasteiger partial charge in [0, 0.05) is 0 Å². The first kappa shape index (κ1) is 9.83. The molecule has 4 atom stereocenters. The molecule has 1 saturated carbocycles. The van der Waals surface area contributed by atoms with Gasteiger partial charge in [-0.1, -0.05) is 52.7 Å². The molecule has 0 amide bonds. The van der Waals surface area contributed by atoms with Crippen LogP contribution in [0.15, 0.2) is 12.2 Å². The highest BCUT2D eigenvalue weighted by molar-refractivity contribution is 5.14. The Morgan fingerprint density at radius 2 is 1.33 bits per heavy atom. The Morgan fingerprint density at radius 3 is 1.58 bits per heavy atom. The molecule has 0 saturated heterocycles. The molecule has 0 heterocycles. The van der Waals surface area contributed by atoms with E-state index in [-0.39, 0.29) is 0 Å². The molecule has 0 radical (unpaired) electrons. The zero-order chi connectivity index (χ0) is 9.30. The average Bonchev–Trinajstić information content (AvgIpc) is 2.29. The fourth-order valence-electron chi connectivity index (χ4n) is 3.02. The maximum Gasteiger partial charge on any atom is -0.0200 e. The molecular formula is C12H22. The average molecular weight is 166 g/mol. The van der Waals surface area contributed by atoms with Gasteiger partial charge in [0.25, 0.3) is 0 Å². The second-order valence-electron chi connectivity index (χ2n) is 4.30. The van der Waals surface area contributed by atoms with Gasteiger partial charge in [-0.3, -0.25) is 0 Å². The summed E-state index contributed by atoms with van der Waals surface area (Å²) in [6, 6.07) is 0. The van der Waals surface area contributed by atoms with Crippen LogP contribution in [0.4, 0.5) is 0 Å². The van der Waals surface area contributed by atoms with Crippen molar-refractivity contribution in [3.05, 3.63) is 12.2 Å². The summed E-state index contributed by atoms with van der Waals surface area (Å²) < 4.78 is 0. The summed E-state index contributed by atoms with van der Waals surface area (Å²) in [6.45, 7) is 13.5. The molecule has 0 heteroatoms. The van der Waals surface area contributed by atoms with E-state index in [9.17, 15) is 0 Å². The topological polar surface area (TPSA) is 0 Å². The van der Waals surface area contributed by atoms with Crippen LogP contribution >= 0.6 is 0 Å². The highest BCUT2D eigenvalue weighted by atomic mass is 14.4. The molecule has 0 aliphatic heterocycles. The van der Waals surface area contributed by atoms with Crippen molar-refractivity contribution in [2.24, 2.45) is 23.7 Å². The van der Waals surface area contributed by atoms with Gasteiger partial charge in [-0.15, -0.1) is 0 Å². The van der Waals surface area contributed by atoms with Crippen LogP contribution < -0.4 is 0 Å².